The van der Waals surface area contributed by atoms with E-state index in [1.54, 1.807) is 6.20 Å². The Morgan fingerprint density at radius 3 is 2.71 bits per heavy atom. The summed E-state index contributed by atoms with van der Waals surface area (Å²) in [6.45, 7) is 7.82. The van der Waals surface area contributed by atoms with Gasteiger partial charge in [-0.1, -0.05) is 11.6 Å². The van der Waals surface area contributed by atoms with Crippen LogP contribution in [0.1, 0.15) is 26.2 Å². The molecule has 0 unspecified atom stereocenters. The number of hydrogen-bond acceptors (Lipinski definition) is 7. The number of pyridine rings is 1. The molecule has 3 aliphatic heterocycles. The molecule has 1 aromatic carbocycles. The Hall–Kier alpha value is -1.97. The number of nitrogens with one attached hydrogen (secondary N) is 1. The fourth-order valence-electron chi connectivity index (χ4n) is 6.12. The van der Waals surface area contributed by atoms with E-state index in [0.717, 1.165) is 68.5 Å². The van der Waals surface area contributed by atoms with E-state index in [0.29, 0.717) is 30.7 Å². The first kappa shape index (κ1) is 23.4. The van der Waals surface area contributed by atoms with Crippen LogP contribution in [0.5, 0.6) is 0 Å². The number of aromatic nitrogens is 1. The molecule has 0 radical (unpaired) electrons. The van der Waals surface area contributed by atoms with Crippen LogP contribution in [0.2, 0.25) is 5.02 Å². The van der Waals surface area contributed by atoms with Gasteiger partial charge in [0.25, 0.3) is 0 Å². The zero-order valence-corrected chi connectivity index (χ0v) is 20.9. The van der Waals surface area contributed by atoms with Crippen LogP contribution in [-0.2, 0) is 14.3 Å². The summed E-state index contributed by atoms with van der Waals surface area (Å²) in [7, 11) is 0. The molecule has 1 amide bonds. The van der Waals surface area contributed by atoms with Gasteiger partial charge in [0.2, 0.25) is 5.91 Å². The monoisotopic (exact) mass is 500 g/mol. The minimum Gasteiger partial charge on any atom is -0.389 e. The predicted molar refractivity (Wildman–Crippen MR) is 135 cm³/mol. The zero-order valence-electron chi connectivity index (χ0n) is 20.1. The molecule has 9 heteroatoms. The number of rotatable bonds is 4. The highest BCUT2D eigenvalue weighted by atomic mass is 35.5. The van der Waals surface area contributed by atoms with Crippen molar-refractivity contribution in [3.05, 3.63) is 29.4 Å². The summed E-state index contributed by atoms with van der Waals surface area (Å²) in [5, 5.41) is 16.1. The summed E-state index contributed by atoms with van der Waals surface area (Å²) in [5.41, 5.74) is 0.693. The van der Waals surface area contributed by atoms with Crippen molar-refractivity contribution in [2.24, 2.45) is 11.3 Å². The second-order valence-electron chi connectivity index (χ2n) is 10.8. The summed E-state index contributed by atoms with van der Waals surface area (Å²) < 4.78 is 11.2. The van der Waals surface area contributed by atoms with Crippen LogP contribution in [0.4, 0.5) is 11.5 Å². The van der Waals surface area contributed by atoms with Crippen LogP contribution in [0.15, 0.2) is 24.4 Å². The van der Waals surface area contributed by atoms with Crippen molar-refractivity contribution in [1.29, 1.82) is 0 Å². The van der Waals surface area contributed by atoms with Gasteiger partial charge >= 0.3 is 0 Å². The third-order valence-corrected chi connectivity index (χ3v) is 8.93. The molecule has 4 atom stereocenters. The normalized spacial score (nSPS) is 33.4. The molecule has 0 bridgehead atoms. The smallest absolute Gasteiger partial charge is 0.229 e. The number of aliphatic hydroxyl groups is 1. The lowest BCUT2D eigenvalue weighted by molar-refractivity contribution is -0.119. The number of anilines is 2. The minimum atomic E-state index is -0.462. The van der Waals surface area contributed by atoms with E-state index in [-0.39, 0.29) is 22.8 Å². The summed E-state index contributed by atoms with van der Waals surface area (Å²) >= 11 is 6.68. The number of piperazine rings is 1. The van der Waals surface area contributed by atoms with Crippen molar-refractivity contribution in [3.63, 3.8) is 0 Å². The quantitative estimate of drug-likeness (QED) is 0.667. The number of nitrogens with zero attached hydrogens (tertiary/aromatic N) is 3. The Morgan fingerprint density at radius 2 is 2.00 bits per heavy atom. The lowest BCUT2D eigenvalue weighted by Gasteiger charge is -2.45. The molecule has 2 aromatic rings. The first-order chi connectivity index (χ1) is 16.9. The first-order valence-electron chi connectivity index (χ1n) is 12.6. The molecule has 3 saturated heterocycles. The number of hydrogen-bond donors (Lipinski definition) is 2. The van der Waals surface area contributed by atoms with Gasteiger partial charge in [0.1, 0.15) is 5.82 Å². The molecule has 1 spiro atoms. The highest BCUT2D eigenvalue weighted by Crippen LogP contribution is 2.57. The fourth-order valence-corrected chi connectivity index (χ4v) is 6.41. The largest absolute Gasteiger partial charge is 0.389 e. The van der Waals surface area contributed by atoms with Crippen LogP contribution in [-0.4, -0.2) is 85.1 Å². The Kier molecular flexibility index (Phi) is 5.92. The highest BCUT2D eigenvalue weighted by Gasteiger charge is 2.58. The maximum Gasteiger partial charge on any atom is 0.229 e. The predicted octanol–water partition coefficient (Wildman–Crippen LogP) is 2.92. The molecule has 35 heavy (non-hydrogen) atoms. The molecule has 6 rings (SSSR count). The van der Waals surface area contributed by atoms with Crippen molar-refractivity contribution in [2.45, 2.75) is 37.8 Å². The van der Waals surface area contributed by atoms with E-state index < -0.39 is 6.10 Å². The number of benzene rings is 1. The van der Waals surface area contributed by atoms with Crippen molar-refractivity contribution in [3.8, 4) is 0 Å². The number of halogens is 1. The van der Waals surface area contributed by atoms with Gasteiger partial charge < -0.3 is 24.8 Å². The van der Waals surface area contributed by atoms with E-state index in [4.69, 9.17) is 21.1 Å². The Morgan fingerprint density at radius 1 is 1.17 bits per heavy atom. The molecule has 2 N–H and O–H groups in total. The summed E-state index contributed by atoms with van der Waals surface area (Å²) in [6, 6.07) is 5.97. The topological polar surface area (TPSA) is 87.2 Å². The maximum absolute atomic E-state index is 12.9. The molecule has 188 valence electrons. The third-order valence-electron chi connectivity index (χ3n) is 8.63. The lowest BCUT2D eigenvalue weighted by atomic mass is 9.95. The molecular weight excluding hydrogens is 468 g/mol. The third kappa shape index (κ3) is 4.19. The summed E-state index contributed by atoms with van der Waals surface area (Å²) in [4.78, 5) is 22.0. The molecule has 8 nitrogen and oxygen atoms in total. The van der Waals surface area contributed by atoms with Gasteiger partial charge in [0.15, 0.2) is 0 Å². The van der Waals surface area contributed by atoms with Gasteiger partial charge in [-0.15, -0.1) is 0 Å². The number of aliphatic hydroxyl groups excluding tert-OH is 1. The lowest BCUT2D eigenvalue weighted by Crippen LogP contribution is -2.60. The average Bonchev–Trinajstić information content (AvgIpc) is 3.44. The SMILES string of the molecule is C[C@]1(N2CCN(c3cc4cc(NC(=O)[C@@H]5C[C@]56CCCOC6)ncc4cc3Cl)CC2)COC[C@H]1O. The summed E-state index contributed by atoms with van der Waals surface area (Å²) in [5.74, 6) is 0.629. The standard InChI is InChI=1S/C26H33ClN4O4/c1-25(15-35-14-22(25)32)31-6-4-30(5-7-31)21-10-17-11-23(28-13-18(17)9-20(21)27)29-24(33)19-12-26(19)3-2-8-34-16-26/h9-11,13,19,22,32H,2-8,12,14-16H2,1H3,(H,28,29,33)/t19-,22+,25-,26-/m0/s1. The number of amides is 1. The number of carbonyl (C=O) groups excluding carboxylic acids is 1. The number of carbonyl (C=O) groups is 1. The van der Waals surface area contributed by atoms with Crippen LogP contribution < -0.4 is 10.2 Å². The fraction of sp³-hybridized carbons (Fsp3) is 0.615. The van der Waals surface area contributed by atoms with Crippen LogP contribution in [0, 0.1) is 11.3 Å². The highest BCUT2D eigenvalue weighted by molar-refractivity contribution is 6.34. The first-order valence-corrected chi connectivity index (χ1v) is 13.0. The molecule has 4 aliphatic rings. The minimum absolute atomic E-state index is 0.0167. The van der Waals surface area contributed by atoms with Crippen LogP contribution >= 0.6 is 11.6 Å². The van der Waals surface area contributed by atoms with Crippen molar-refractivity contribution >= 4 is 39.8 Å². The van der Waals surface area contributed by atoms with E-state index in [1.165, 1.54) is 0 Å². The maximum atomic E-state index is 12.9. The van der Waals surface area contributed by atoms with Gasteiger partial charge in [0, 0.05) is 55.7 Å². The average molecular weight is 501 g/mol. The second-order valence-corrected chi connectivity index (χ2v) is 11.3. The molecule has 1 aromatic heterocycles. The van der Waals surface area contributed by atoms with E-state index in [9.17, 15) is 9.90 Å². The Bertz CT molecular complexity index is 1130. The van der Waals surface area contributed by atoms with Gasteiger partial charge in [-0.05, 0) is 49.8 Å². The summed E-state index contributed by atoms with van der Waals surface area (Å²) in [6.07, 6.45) is 4.31. The Balaban J connectivity index is 1.15. The van der Waals surface area contributed by atoms with E-state index >= 15 is 0 Å². The van der Waals surface area contributed by atoms with Crippen molar-refractivity contribution in [1.82, 2.24) is 9.88 Å². The molecule has 4 heterocycles. The molecule has 1 aliphatic carbocycles. The second kappa shape index (κ2) is 8.85. The van der Waals surface area contributed by atoms with Crippen molar-refractivity contribution < 1.29 is 19.4 Å². The van der Waals surface area contributed by atoms with Gasteiger partial charge in [0.05, 0.1) is 42.2 Å². The van der Waals surface area contributed by atoms with Gasteiger partial charge in [-0.2, -0.15) is 0 Å². The number of fused-ring (bicyclic) bond motifs is 1. The molecule has 4 fully saturated rings. The van der Waals surface area contributed by atoms with E-state index in [1.807, 2.05) is 12.1 Å². The zero-order chi connectivity index (χ0) is 24.2. The van der Waals surface area contributed by atoms with Gasteiger partial charge in [-0.3, -0.25) is 9.69 Å². The molecule has 1 saturated carbocycles. The van der Waals surface area contributed by atoms with Crippen molar-refractivity contribution in [2.75, 3.05) is 62.8 Å². The van der Waals surface area contributed by atoms with Crippen LogP contribution in [0.25, 0.3) is 10.8 Å². The van der Waals surface area contributed by atoms with Crippen LogP contribution in [0.3, 0.4) is 0 Å². The Labute approximate surface area is 210 Å². The van der Waals surface area contributed by atoms with E-state index in [2.05, 4.69) is 33.1 Å². The van der Waals surface area contributed by atoms with Gasteiger partial charge in [-0.25, -0.2) is 4.98 Å². The molecular formula is C26H33ClN4O4. The number of ether oxygens (including phenoxy) is 2.